The second-order valence-electron chi connectivity index (χ2n) is 4.80. The Labute approximate surface area is 93.7 Å². The van der Waals surface area contributed by atoms with Crippen molar-refractivity contribution in [3.63, 3.8) is 0 Å². The number of benzene rings is 1. The number of rotatable bonds is 3. The summed E-state index contributed by atoms with van der Waals surface area (Å²) in [5.74, 6) is -3.68. The topological polar surface area (TPSA) is 12.0 Å². The van der Waals surface area contributed by atoms with Gasteiger partial charge in [0.15, 0.2) is 17.5 Å². The van der Waals surface area contributed by atoms with Crippen molar-refractivity contribution in [3.8, 4) is 0 Å². The summed E-state index contributed by atoms with van der Waals surface area (Å²) in [6.45, 7) is 6.59. The molecule has 0 radical (unpaired) electrons. The van der Waals surface area contributed by atoms with Gasteiger partial charge in [-0.2, -0.15) is 0 Å². The Morgan fingerprint density at radius 3 is 2.00 bits per heavy atom. The lowest BCUT2D eigenvalue weighted by atomic mass is 10.1. The van der Waals surface area contributed by atoms with Crippen LogP contribution >= 0.6 is 0 Å². The molecule has 0 unspecified atom stereocenters. The van der Waals surface area contributed by atoms with E-state index in [0.717, 1.165) is 12.1 Å². The lowest BCUT2D eigenvalue weighted by molar-refractivity contribution is 0.426. The molecule has 0 bridgehead atoms. The fourth-order valence-corrected chi connectivity index (χ4v) is 1.33. The van der Waals surface area contributed by atoms with E-state index in [0.29, 0.717) is 18.5 Å². The number of halogens is 3. The third-order valence-corrected chi connectivity index (χ3v) is 2.11. The van der Waals surface area contributed by atoms with Crippen LogP contribution in [-0.2, 0) is 6.42 Å². The Morgan fingerprint density at radius 1 is 1.06 bits per heavy atom. The summed E-state index contributed by atoms with van der Waals surface area (Å²) in [6, 6.07) is 2.06. The van der Waals surface area contributed by atoms with Crippen LogP contribution in [-0.4, -0.2) is 12.1 Å². The molecule has 1 N–H and O–H groups in total. The minimum atomic E-state index is -1.41. The van der Waals surface area contributed by atoms with Gasteiger partial charge in [-0.25, -0.2) is 13.2 Å². The molecule has 0 fully saturated rings. The molecule has 0 aliphatic heterocycles. The van der Waals surface area contributed by atoms with Gasteiger partial charge in [-0.1, -0.05) is 0 Å². The van der Waals surface area contributed by atoms with Crippen molar-refractivity contribution < 1.29 is 13.2 Å². The summed E-state index contributed by atoms with van der Waals surface area (Å²) in [6.07, 6.45) is 0.464. The van der Waals surface area contributed by atoms with Gasteiger partial charge in [-0.05, 0) is 51.4 Å². The highest BCUT2D eigenvalue weighted by atomic mass is 19.2. The molecule has 16 heavy (non-hydrogen) atoms. The molecule has 1 aromatic rings. The summed E-state index contributed by atoms with van der Waals surface area (Å²) in [5, 5.41) is 3.19. The van der Waals surface area contributed by atoms with Crippen LogP contribution in [0.15, 0.2) is 12.1 Å². The molecule has 0 saturated heterocycles. The highest BCUT2D eigenvalue weighted by Gasteiger charge is 2.11. The van der Waals surface area contributed by atoms with Crippen LogP contribution in [0.1, 0.15) is 26.3 Å². The van der Waals surface area contributed by atoms with E-state index in [1.54, 1.807) is 0 Å². The predicted molar refractivity (Wildman–Crippen MR) is 57.8 cm³/mol. The summed E-state index contributed by atoms with van der Waals surface area (Å²) in [5.41, 5.74) is 0.407. The maximum Gasteiger partial charge on any atom is 0.194 e. The molecular formula is C12H16F3N. The van der Waals surface area contributed by atoms with E-state index in [4.69, 9.17) is 0 Å². The quantitative estimate of drug-likeness (QED) is 0.788. The second-order valence-corrected chi connectivity index (χ2v) is 4.80. The Balaban J connectivity index is 2.62. The molecule has 0 aromatic heterocycles. The highest BCUT2D eigenvalue weighted by molar-refractivity contribution is 5.19. The van der Waals surface area contributed by atoms with Gasteiger partial charge < -0.3 is 5.32 Å². The average Bonchev–Trinajstić information content (AvgIpc) is 2.12. The average molecular weight is 231 g/mol. The fourth-order valence-electron chi connectivity index (χ4n) is 1.33. The first-order valence-corrected chi connectivity index (χ1v) is 5.18. The van der Waals surface area contributed by atoms with Crippen molar-refractivity contribution in [1.29, 1.82) is 0 Å². The van der Waals surface area contributed by atoms with E-state index in [1.165, 1.54) is 0 Å². The molecule has 0 amide bonds. The number of nitrogens with one attached hydrogen (secondary N) is 1. The van der Waals surface area contributed by atoms with E-state index in [1.807, 2.05) is 20.8 Å². The molecule has 0 aliphatic carbocycles. The van der Waals surface area contributed by atoms with Crippen LogP contribution in [0.2, 0.25) is 0 Å². The van der Waals surface area contributed by atoms with Gasteiger partial charge in [0.05, 0.1) is 0 Å². The third kappa shape index (κ3) is 3.85. The summed E-state index contributed by atoms with van der Waals surface area (Å²) < 4.78 is 38.4. The van der Waals surface area contributed by atoms with E-state index < -0.39 is 17.5 Å². The van der Waals surface area contributed by atoms with Crippen LogP contribution in [0.25, 0.3) is 0 Å². The monoisotopic (exact) mass is 231 g/mol. The minimum Gasteiger partial charge on any atom is -0.312 e. The third-order valence-electron chi connectivity index (χ3n) is 2.11. The van der Waals surface area contributed by atoms with E-state index in [9.17, 15) is 13.2 Å². The molecule has 1 aromatic carbocycles. The van der Waals surface area contributed by atoms with Gasteiger partial charge in [0, 0.05) is 5.54 Å². The minimum absolute atomic E-state index is 0.0445. The SMILES string of the molecule is CC(C)(C)NCCc1cc(F)c(F)c(F)c1. The van der Waals surface area contributed by atoms with Crippen molar-refractivity contribution >= 4 is 0 Å². The zero-order valence-electron chi connectivity index (χ0n) is 9.70. The molecule has 4 heteroatoms. The normalized spacial score (nSPS) is 11.9. The van der Waals surface area contributed by atoms with Gasteiger partial charge in [-0.15, -0.1) is 0 Å². The van der Waals surface area contributed by atoms with Gasteiger partial charge >= 0.3 is 0 Å². The van der Waals surface area contributed by atoms with Crippen LogP contribution in [0.3, 0.4) is 0 Å². The maximum absolute atomic E-state index is 12.9. The fraction of sp³-hybridized carbons (Fsp3) is 0.500. The maximum atomic E-state index is 12.9. The van der Waals surface area contributed by atoms with Crippen molar-refractivity contribution in [2.24, 2.45) is 0 Å². The Bertz CT molecular complexity index is 346. The van der Waals surface area contributed by atoms with Gasteiger partial charge in [0.25, 0.3) is 0 Å². The van der Waals surface area contributed by atoms with Gasteiger partial charge in [-0.3, -0.25) is 0 Å². The Hall–Kier alpha value is -1.03. The summed E-state index contributed by atoms with van der Waals surface area (Å²) in [7, 11) is 0. The standard InChI is InChI=1S/C12H16F3N/c1-12(2,3)16-5-4-8-6-9(13)11(15)10(14)7-8/h6-7,16H,4-5H2,1-3H3. The summed E-state index contributed by atoms with van der Waals surface area (Å²) in [4.78, 5) is 0. The van der Waals surface area contributed by atoms with Gasteiger partial charge in [0.2, 0.25) is 0 Å². The first-order valence-electron chi connectivity index (χ1n) is 5.18. The number of hydrogen-bond donors (Lipinski definition) is 1. The van der Waals surface area contributed by atoms with Crippen LogP contribution in [0, 0.1) is 17.5 Å². The van der Waals surface area contributed by atoms with Crippen molar-refractivity contribution in [2.75, 3.05) is 6.54 Å². The first-order chi connectivity index (χ1) is 7.29. The van der Waals surface area contributed by atoms with Crippen LogP contribution in [0.4, 0.5) is 13.2 Å². The summed E-state index contributed by atoms with van der Waals surface area (Å²) >= 11 is 0. The number of hydrogen-bond acceptors (Lipinski definition) is 1. The van der Waals surface area contributed by atoms with Crippen molar-refractivity contribution in [2.45, 2.75) is 32.7 Å². The van der Waals surface area contributed by atoms with Crippen LogP contribution < -0.4 is 5.32 Å². The Kier molecular flexibility index (Phi) is 3.97. The molecular weight excluding hydrogens is 215 g/mol. The van der Waals surface area contributed by atoms with E-state index in [2.05, 4.69) is 5.32 Å². The lowest BCUT2D eigenvalue weighted by Gasteiger charge is -2.20. The smallest absolute Gasteiger partial charge is 0.194 e. The lowest BCUT2D eigenvalue weighted by Crippen LogP contribution is -2.37. The molecule has 1 rings (SSSR count). The van der Waals surface area contributed by atoms with Gasteiger partial charge in [0.1, 0.15) is 0 Å². The molecule has 1 nitrogen and oxygen atoms in total. The zero-order valence-corrected chi connectivity index (χ0v) is 9.70. The molecule has 0 atom stereocenters. The van der Waals surface area contributed by atoms with Crippen molar-refractivity contribution in [1.82, 2.24) is 5.32 Å². The molecule has 0 spiro atoms. The predicted octanol–water partition coefficient (Wildman–Crippen LogP) is 3.03. The first kappa shape index (κ1) is 13.0. The molecule has 90 valence electrons. The molecule has 0 heterocycles. The molecule has 0 saturated carbocycles. The largest absolute Gasteiger partial charge is 0.312 e. The highest BCUT2D eigenvalue weighted by Crippen LogP contribution is 2.14. The van der Waals surface area contributed by atoms with Crippen LogP contribution in [0.5, 0.6) is 0 Å². The molecule has 0 aliphatic rings. The zero-order chi connectivity index (χ0) is 12.3. The second kappa shape index (κ2) is 4.87. The van der Waals surface area contributed by atoms with Crippen molar-refractivity contribution in [3.05, 3.63) is 35.1 Å². The Morgan fingerprint density at radius 2 is 1.56 bits per heavy atom. The van der Waals surface area contributed by atoms with E-state index in [-0.39, 0.29) is 5.54 Å². The van der Waals surface area contributed by atoms with E-state index >= 15 is 0 Å².